The summed E-state index contributed by atoms with van der Waals surface area (Å²) in [7, 11) is 1.39. The number of hydrogen-bond donors (Lipinski definition) is 2. The number of aromatic nitrogens is 1. The van der Waals surface area contributed by atoms with Crippen LogP contribution in [0.25, 0.3) is 10.9 Å². The van der Waals surface area contributed by atoms with Gasteiger partial charge in [0.05, 0.1) is 12.7 Å². The molecule has 0 fully saturated rings. The maximum absolute atomic E-state index is 11.6. The second-order valence-corrected chi connectivity index (χ2v) is 3.57. The largest absolute Gasteiger partial charge is 0.465 e. The minimum atomic E-state index is -0.316. The van der Waals surface area contributed by atoms with E-state index >= 15 is 0 Å². The third-order valence-corrected chi connectivity index (χ3v) is 2.61. The number of nitrogens with two attached hydrogens (primary N) is 1. The Kier molecular flexibility index (Phi) is 2.92. The molecule has 0 radical (unpaired) electrons. The maximum Gasteiger partial charge on any atom is 0.338 e. The number of methoxy groups -OCH3 is 1. The van der Waals surface area contributed by atoms with Crippen LogP contribution in [0, 0.1) is 0 Å². The van der Waals surface area contributed by atoms with Gasteiger partial charge in [-0.1, -0.05) is 6.07 Å². The normalized spacial score (nSPS) is 10.6. The van der Waals surface area contributed by atoms with Gasteiger partial charge in [-0.05, 0) is 30.7 Å². The van der Waals surface area contributed by atoms with Crippen LogP contribution in [0.4, 0.5) is 0 Å². The molecule has 0 aliphatic carbocycles. The Labute approximate surface area is 93.4 Å². The van der Waals surface area contributed by atoms with Crippen LogP contribution in [0.3, 0.4) is 0 Å². The van der Waals surface area contributed by atoms with Crippen LogP contribution in [0.1, 0.15) is 15.9 Å². The van der Waals surface area contributed by atoms with Crippen molar-refractivity contribution in [3.63, 3.8) is 0 Å². The molecule has 0 amide bonds. The number of ether oxygens (including phenoxy) is 1. The topological polar surface area (TPSA) is 68.1 Å². The van der Waals surface area contributed by atoms with Crippen molar-refractivity contribution in [2.45, 2.75) is 6.42 Å². The average molecular weight is 218 g/mol. The second-order valence-electron chi connectivity index (χ2n) is 3.57. The maximum atomic E-state index is 11.6. The number of nitrogens with one attached hydrogen (secondary N) is 1. The van der Waals surface area contributed by atoms with E-state index in [1.165, 1.54) is 7.11 Å². The van der Waals surface area contributed by atoms with Crippen LogP contribution in [-0.2, 0) is 11.2 Å². The van der Waals surface area contributed by atoms with Gasteiger partial charge in [-0.15, -0.1) is 0 Å². The zero-order valence-corrected chi connectivity index (χ0v) is 9.12. The van der Waals surface area contributed by atoms with Crippen LogP contribution in [0.2, 0.25) is 0 Å². The van der Waals surface area contributed by atoms with Gasteiger partial charge in [-0.2, -0.15) is 0 Å². The van der Waals surface area contributed by atoms with Crippen molar-refractivity contribution < 1.29 is 9.53 Å². The first-order valence-electron chi connectivity index (χ1n) is 5.15. The molecule has 0 unspecified atom stereocenters. The van der Waals surface area contributed by atoms with Crippen molar-refractivity contribution in [3.05, 3.63) is 35.5 Å². The summed E-state index contributed by atoms with van der Waals surface area (Å²) in [6.07, 6.45) is 2.64. The summed E-state index contributed by atoms with van der Waals surface area (Å²) >= 11 is 0. The number of esters is 1. The van der Waals surface area contributed by atoms with E-state index < -0.39 is 0 Å². The lowest BCUT2D eigenvalue weighted by Gasteiger charge is -2.03. The van der Waals surface area contributed by atoms with Crippen LogP contribution < -0.4 is 5.73 Å². The lowest BCUT2D eigenvalue weighted by atomic mass is 10.0. The summed E-state index contributed by atoms with van der Waals surface area (Å²) in [5.74, 6) is -0.316. The van der Waals surface area contributed by atoms with Crippen LogP contribution in [0.15, 0.2) is 24.4 Å². The molecule has 84 valence electrons. The Morgan fingerprint density at radius 2 is 2.31 bits per heavy atom. The van der Waals surface area contributed by atoms with Crippen molar-refractivity contribution in [3.8, 4) is 0 Å². The molecule has 0 saturated heterocycles. The van der Waals surface area contributed by atoms with Crippen LogP contribution in [-0.4, -0.2) is 24.6 Å². The van der Waals surface area contributed by atoms with Crippen molar-refractivity contribution in [1.29, 1.82) is 0 Å². The summed E-state index contributed by atoms with van der Waals surface area (Å²) in [6, 6.07) is 5.53. The Morgan fingerprint density at radius 3 is 3.00 bits per heavy atom. The zero-order chi connectivity index (χ0) is 11.5. The standard InChI is InChI=1S/C12H14N2O2/c1-16-12(15)9-3-2-4-10-11(9)8(5-6-13)7-14-10/h2-4,7,14H,5-6,13H2,1H3. The highest BCUT2D eigenvalue weighted by atomic mass is 16.5. The minimum absolute atomic E-state index is 0.316. The molecule has 1 heterocycles. The molecule has 3 N–H and O–H groups in total. The summed E-state index contributed by atoms with van der Waals surface area (Å²) < 4.78 is 4.76. The fraction of sp³-hybridized carbons (Fsp3) is 0.250. The van der Waals surface area contributed by atoms with Crippen molar-refractivity contribution >= 4 is 16.9 Å². The van der Waals surface area contributed by atoms with Gasteiger partial charge in [-0.3, -0.25) is 0 Å². The molecule has 4 heteroatoms. The molecule has 16 heavy (non-hydrogen) atoms. The number of carbonyl (C=O) groups is 1. The third kappa shape index (κ3) is 1.67. The van der Waals surface area contributed by atoms with E-state index in [1.807, 2.05) is 18.3 Å². The monoisotopic (exact) mass is 218 g/mol. The van der Waals surface area contributed by atoms with E-state index in [4.69, 9.17) is 10.5 Å². The van der Waals surface area contributed by atoms with Crippen molar-refractivity contribution in [2.24, 2.45) is 5.73 Å². The van der Waals surface area contributed by atoms with Gasteiger partial charge >= 0.3 is 5.97 Å². The Bertz CT molecular complexity index is 517. The van der Waals surface area contributed by atoms with E-state index in [-0.39, 0.29) is 5.97 Å². The summed E-state index contributed by atoms with van der Waals surface area (Å²) in [4.78, 5) is 14.7. The Hall–Kier alpha value is -1.81. The highest BCUT2D eigenvalue weighted by Gasteiger charge is 2.13. The number of rotatable bonds is 3. The first kappa shape index (κ1) is 10.7. The highest BCUT2D eigenvalue weighted by molar-refractivity contribution is 6.05. The predicted molar refractivity (Wildman–Crippen MR) is 62.4 cm³/mol. The molecule has 0 spiro atoms. The van der Waals surface area contributed by atoms with E-state index in [2.05, 4.69) is 4.98 Å². The predicted octanol–water partition coefficient (Wildman–Crippen LogP) is 1.46. The van der Waals surface area contributed by atoms with Crippen molar-refractivity contribution in [2.75, 3.05) is 13.7 Å². The molecule has 2 aromatic rings. The van der Waals surface area contributed by atoms with E-state index in [1.54, 1.807) is 6.07 Å². The molecular formula is C12H14N2O2. The summed E-state index contributed by atoms with van der Waals surface area (Å²) in [5.41, 5.74) is 8.12. The molecule has 1 aromatic carbocycles. The van der Waals surface area contributed by atoms with E-state index in [9.17, 15) is 4.79 Å². The molecule has 2 rings (SSSR count). The van der Waals surface area contributed by atoms with Gasteiger partial charge < -0.3 is 15.5 Å². The minimum Gasteiger partial charge on any atom is -0.465 e. The van der Waals surface area contributed by atoms with Gasteiger partial charge in [0.1, 0.15) is 0 Å². The number of benzene rings is 1. The molecule has 0 aliphatic heterocycles. The van der Waals surface area contributed by atoms with Gasteiger partial charge in [0.25, 0.3) is 0 Å². The number of hydrogen-bond acceptors (Lipinski definition) is 3. The first-order chi connectivity index (χ1) is 7.77. The average Bonchev–Trinajstić information content (AvgIpc) is 2.72. The molecule has 0 bridgehead atoms. The lowest BCUT2D eigenvalue weighted by Crippen LogP contribution is -2.05. The summed E-state index contributed by atoms with van der Waals surface area (Å²) in [5, 5.41) is 0.916. The fourth-order valence-electron chi connectivity index (χ4n) is 1.89. The van der Waals surface area contributed by atoms with E-state index in [0.29, 0.717) is 12.1 Å². The summed E-state index contributed by atoms with van der Waals surface area (Å²) in [6.45, 7) is 0.558. The number of aromatic amines is 1. The highest BCUT2D eigenvalue weighted by Crippen LogP contribution is 2.23. The third-order valence-electron chi connectivity index (χ3n) is 2.61. The lowest BCUT2D eigenvalue weighted by molar-refractivity contribution is 0.0603. The molecule has 0 atom stereocenters. The first-order valence-corrected chi connectivity index (χ1v) is 5.15. The fourth-order valence-corrected chi connectivity index (χ4v) is 1.89. The smallest absolute Gasteiger partial charge is 0.338 e. The molecule has 1 aromatic heterocycles. The number of H-pyrrole nitrogens is 1. The Morgan fingerprint density at radius 1 is 1.50 bits per heavy atom. The van der Waals surface area contributed by atoms with Crippen LogP contribution >= 0.6 is 0 Å². The molecule has 4 nitrogen and oxygen atoms in total. The second kappa shape index (κ2) is 4.37. The van der Waals surface area contributed by atoms with Gasteiger partial charge in [0.2, 0.25) is 0 Å². The molecule has 0 saturated carbocycles. The zero-order valence-electron chi connectivity index (χ0n) is 9.12. The van der Waals surface area contributed by atoms with Crippen molar-refractivity contribution in [1.82, 2.24) is 4.98 Å². The molecular weight excluding hydrogens is 204 g/mol. The number of fused-ring (bicyclic) bond motifs is 1. The van der Waals surface area contributed by atoms with Gasteiger partial charge in [0, 0.05) is 17.1 Å². The van der Waals surface area contributed by atoms with Gasteiger partial charge in [0.15, 0.2) is 0 Å². The van der Waals surface area contributed by atoms with Crippen LogP contribution in [0.5, 0.6) is 0 Å². The Balaban J connectivity index is 2.63. The van der Waals surface area contributed by atoms with E-state index in [0.717, 1.165) is 22.9 Å². The SMILES string of the molecule is COC(=O)c1cccc2[nH]cc(CCN)c12. The van der Waals surface area contributed by atoms with Gasteiger partial charge in [-0.25, -0.2) is 4.79 Å². The number of carbonyl (C=O) groups excluding carboxylic acids is 1. The quantitative estimate of drug-likeness (QED) is 0.766. The molecule has 0 aliphatic rings.